The van der Waals surface area contributed by atoms with Crippen molar-refractivity contribution in [3.63, 3.8) is 0 Å². The second-order valence-corrected chi connectivity index (χ2v) is 5.32. The van der Waals surface area contributed by atoms with Crippen LogP contribution in [0.25, 0.3) is 0 Å². The molecule has 0 saturated heterocycles. The number of para-hydroxylation sites is 1. The second-order valence-electron chi connectivity index (χ2n) is 4.47. The van der Waals surface area contributed by atoms with Crippen LogP contribution < -0.4 is 14.8 Å². The molecule has 2 rings (SSSR count). The van der Waals surface area contributed by atoms with Gasteiger partial charge in [0.25, 0.3) is 0 Å². The van der Waals surface area contributed by atoms with E-state index in [1.165, 1.54) is 7.11 Å². The van der Waals surface area contributed by atoms with Gasteiger partial charge < -0.3 is 19.9 Å². The molecule has 21 heavy (non-hydrogen) atoms. The summed E-state index contributed by atoms with van der Waals surface area (Å²) < 4.78 is 11.3. The molecule has 0 saturated carbocycles. The summed E-state index contributed by atoms with van der Waals surface area (Å²) in [6.45, 7) is 2.00. The highest BCUT2D eigenvalue weighted by atomic mass is 79.9. The number of ether oxygens (including phenoxy) is 2. The fourth-order valence-corrected chi connectivity index (χ4v) is 2.36. The summed E-state index contributed by atoms with van der Waals surface area (Å²) in [6.07, 6.45) is 0. The van der Waals surface area contributed by atoms with Crippen molar-refractivity contribution >= 4 is 15.9 Å². The average molecular weight is 352 g/mol. The molecule has 5 heteroatoms. The van der Waals surface area contributed by atoms with E-state index in [-0.39, 0.29) is 5.75 Å². The molecule has 0 unspecified atom stereocenters. The zero-order valence-corrected chi connectivity index (χ0v) is 13.4. The van der Waals surface area contributed by atoms with Crippen LogP contribution in [0, 0.1) is 0 Å². The Morgan fingerprint density at radius 1 is 1.19 bits per heavy atom. The smallest absolute Gasteiger partial charge is 0.172 e. The van der Waals surface area contributed by atoms with Crippen molar-refractivity contribution in [1.29, 1.82) is 0 Å². The van der Waals surface area contributed by atoms with E-state index in [9.17, 15) is 5.11 Å². The number of methoxy groups -OCH3 is 1. The largest absolute Gasteiger partial charge is 0.503 e. The summed E-state index contributed by atoms with van der Waals surface area (Å²) in [7, 11) is 1.53. The maximum absolute atomic E-state index is 9.75. The number of hydrogen-bond donors (Lipinski definition) is 2. The van der Waals surface area contributed by atoms with Gasteiger partial charge in [0.05, 0.1) is 11.6 Å². The molecular formula is C16H18BrNO3. The Morgan fingerprint density at radius 2 is 1.95 bits per heavy atom. The molecule has 2 aromatic carbocycles. The minimum absolute atomic E-state index is 0.119. The summed E-state index contributed by atoms with van der Waals surface area (Å²) in [6, 6.07) is 13.4. The third-order valence-corrected chi connectivity index (χ3v) is 3.53. The van der Waals surface area contributed by atoms with Crippen LogP contribution in [-0.4, -0.2) is 25.4 Å². The molecule has 112 valence electrons. The van der Waals surface area contributed by atoms with E-state index >= 15 is 0 Å². The fraction of sp³-hybridized carbons (Fsp3) is 0.250. The zero-order chi connectivity index (χ0) is 15.1. The summed E-state index contributed by atoms with van der Waals surface area (Å²) in [5.74, 6) is 1.45. The van der Waals surface area contributed by atoms with Crippen LogP contribution >= 0.6 is 15.9 Å². The van der Waals surface area contributed by atoms with Crippen LogP contribution in [0.1, 0.15) is 5.56 Å². The maximum atomic E-state index is 9.75. The first kappa shape index (κ1) is 15.7. The van der Waals surface area contributed by atoms with Crippen LogP contribution in [0.5, 0.6) is 17.2 Å². The van der Waals surface area contributed by atoms with Crippen molar-refractivity contribution in [2.24, 2.45) is 0 Å². The van der Waals surface area contributed by atoms with E-state index < -0.39 is 0 Å². The highest BCUT2D eigenvalue weighted by Gasteiger charge is 2.08. The third-order valence-electron chi connectivity index (χ3n) is 2.93. The molecule has 2 N–H and O–H groups in total. The van der Waals surface area contributed by atoms with Crippen molar-refractivity contribution in [3.8, 4) is 17.2 Å². The van der Waals surface area contributed by atoms with E-state index in [0.717, 1.165) is 17.9 Å². The normalized spacial score (nSPS) is 10.4. The quantitative estimate of drug-likeness (QED) is 0.751. The van der Waals surface area contributed by atoms with Crippen molar-refractivity contribution in [1.82, 2.24) is 5.32 Å². The SMILES string of the molecule is COc1cc(CNCCOc2ccccc2)cc(Br)c1O. The molecular weight excluding hydrogens is 334 g/mol. The summed E-state index contributed by atoms with van der Waals surface area (Å²) in [5, 5.41) is 13.0. The Kier molecular flexibility index (Phi) is 5.90. The lowest BCUT2D eigenvalue weighted by atomic mass is 10.2. The van der Waals surface area contributed by atoms with Gasteiger partial charge in [0.15, 0.2) is 11.5 Å². The Hall–Kier alpha value is -1.72. The fourth-order valence-electron chi connectivity index (χ4n) is 1.88. The molecule has 2 aromatic rings. The molecule has 0 aliphatic heterocycles. The lowest BCUT2D eigenvalue weighted by molar-refractivity contribution is 0.313. The zero-order valence-electron chi connectivity index (χ0n) is 11.8. The highest BCUT2D eigenvalue weighted by Crippen LogP contribution is 2.35. The first-order chi connectivity index (χ1) is 10.2. The standard InChI is InChI=1S/C16H18BrNO3/c1-20-15-10-12(9-14(17)16(15)19)11-18-7-8-21-13-5-3-2-4-6-13/h2-6,9-10,18-19H,7-8,11H2,1H3. The van der Waals surface area contributed by atoms with Gasteiger partial charge in [0.2, 0.25) is 0 Å². The lowest BCUT2D eigenvalue weighted by Gasteiger charge is -2.10. The second kappa shape index (κ2) is 7.90. The van der Waals surface area contributed by atoms with Crippen LogP contribution in [0.4, 0.5) is 0 Å². The number of halogens is 1. The molecule has 0 bridgehead atoms. The molecule has 4 nitrogen and oxygen atoms in total. The minimum atomic E-state index is 0.119. The van der Waals surface area contributed by atoms with Gasteiger partial charge in [0, 0.05) is 13.1 Å². The maximum Gasteiger partial charge on any atom is 0.172 e. The molecule has 0 amide bonds. The van der Waals surface area contributed by atoms with Crippen LogP contribution in [0.2, 0.25) is 0 Å². The molecule has 0 atom stereocenters. The molecule has 0 radical (unpaired) electrons. The minimum Gasteiger partial charge on any atom is -0.503 e. The number of benzene rings is 2. The highest BCUT2D eigenvalue weighted by molar-refractivity contribution is 9.10. The number of phenols is 1. The van der Waals surface area contributed by atoms with Gasteiger partial charge in [-0.3, -0.25) is 0 Å². The number of rotatable bonds is 7. The van der Waals surface area contributed by atoms with Gasteiger partial charge in [-0.2, -0.15) is 0 Å². The molecule has 0 aromatic heterocycles. The summed E-state index contributed by atoms with van der Waals surface area (Å²) in [4.78, 5) is 0. The van der Waals surface area contributed by atoms with E-state index in [1.807, 2.05) is 42.5 Å². The van der Waals surface area contributed by atoms with Crippen LogP contribution in [-0.2, 0) is 6.54 Å². The van der Waals surface area contributed by atoms with Gasteiger partial charge in [-0.05, 0) is 45.8 Å². The van der Waals surface area contributed by atoms with Gasteiger partial charge in [0.1, 0.15) is 12.4 Å². The lowest BCUT2D eigenvalue weighted by Crippen LogP contribution is -2.20. The van der Waals surface area contributed by atoms with Gasteiger partial charge in [-0.25, -0.2) is 0 Å². The van der Waals surface area contributed by atoms with Gasteiger partial charge in [-0.15, -0.1) is 0 Å². The number of nitrogens with one attached hydrogen (secondary N) is 1. The molecule has 0 aliphatic carbocycles. The predicted octanol–water partition coefficient (Wildman–Crippen LogP) is 3.33. The summed E-state index contributed by atoms with van der Waals surface area (Å²) >= 11 is 3.31. The molecule has 0 spiro atoms. The van der Waals surface area contributed by atoms with Crippen molar-refractivity contribution < 1.29 is 14.6 Å². The van der Waals surface area contributed by atoms with E-state index in [2.05, 4.69) is 21.2 Å². The third kappa shape index (κ3) is 4.65. The van der Waals surface area contributed by atoms with E-state index in [1.54, 1.807) is 0 Å². The molecule has 0 aliphatic rings. The summed E-state index contributed by atoms with van der Waals surface area (Å²) in [5.41, 5.74) is 1.02. The van der Waals surface area contributed by atoms with Gasteiger partial charge >= 0.3 is 0 Å². The van der Waals surface area contributed by atoms with E-state index in [0.29, 0.717) is 23.4 Å². The van der Waals surface area contributed by atoms with Crippen molar-refractivity contribution in [3.05, 3.63) is 52.5 Å². The first-order valence-corrected chi connectivity index (χ1v) is 7.44. The number of phenolic OH excluding ortho intramolecular Hbond substituents is 1. The van der Waals surface area contributed by atoms with Crippen LogP contribution in [0.15, 0.2) is 46.9 Å². The van der Waals surface area contributed by atoms with Crippen molar-refractivity contribution in [2.75, 3.05) is 20.3 Å². The van der Waals surface area contributed by atoms with Gasteiger partial charge in [-0.1, -0.05) is 18.2 Å². The predicted molar refractivity (Wildman–Crippen MR) is 86.0 cm³/mol. The topological polar surface area (TPSA) is 50.7 Å². The number of aromatic hydroxyl groups is 1. The Morgan fingerprint density at radius 3 is 2.67 bits per heavy atom. The Bertz CT molecular complexity index is 575. The Balaban J connectivity index is 1.77. The van der Waals surface area contributed by atoms with E-state index in [4.69, 9.17) is 9.47 Å². The number of hydrogen-bond acceptors (Lipinski definition) is 4. The average Bonchev–Trinajstić information content (AvgIpc) is 2.51. The van der Waals surface area contributed by atoms with Crippen molar-refractivity contribution in [2.45, 2.75) is 6.54 Å². The molecule has 0 heterocycles. The molecule has 0 fully saturated rings. The first-order valence-electron chi connectivity index (χ1n) is 6.64. The van der Waals surface area contributed by atoms with Crippen LogP contribution in [0.3, 0.4) is 0 Å². The Labute approximate surface area is 132 Å². The monoisotopic (exact) mass is 351 g/mol.